The van der Waals surface area contributed by atoms with Gasteiger partial charge in [0.2, 0.25) is 0 Å². The van der Waals surface area contributed by atoms with Gasteiger partial charge in [0.1, 0.15) is 0 Å². The Labute approximate surface area is 148 Å². The van der Waals surface area contributed by atoms with E-state index in [0.29, 0.717) is 6.17 Å². The van der Waals surface area contributed by atoms with E-state index in [1.165, 1.54) is 0 Å². The van der Waals surface area contributed by atoms with Crippen LogP contribution in [-0.4, -0.2) is 58.3 Å². The molecule has 1 aliphatic rings. The summed E-state index contributed by atoms with van der Waals surface area (Å²) in [7, 11) is 0. The molecule has 1 rings (SSSR count). The summed E-state index contributed by atoms with van der Waals surface area (Å²) < 4.78 is 8.59. The van der Waals surface area contributed by atoms with E-state index in [9.17, 15) is 0 Å². The fourth-order valence-electron chi connectivity index (χ4n) is 4.05. The molecule has 1 radical (unpaired) electrons. The van der Waals surface area contributed by atoms with Gasteiger partial charge in [0.25, 0.3) is 0 Å². The number of rotatable bonds is 1. The van der Waals surface area contributed by atoms with E-state index in [0.717, 1.165) is 0 Å². The van der Waals surface area contributed by atoms with Crippen LogP contribution in [-0.2, 0) is 0 Å². The van der Waals surface area contributed by atoms with Crippen molar-refractivity contribution in [3.05, 3.63) is 0 Å². The van der Waals surface area contributed by atoms with Gasteiger partial charge in [0.05, 0.1) is 0 Å². The average Bonchev–Trinajstić information content (AvgIpc) is 2.05. The zero-order chi connectivity index (χ0) is 17.9. The molecule has 0 aromatic rings. The van der Waals surface area contributed by atoms with Gasteiger partial charge in [0, 0.05) is 0 Å². The summed E-state index contributed by atoms with van der Waals surface area (Å²) >= 11 is -2.12. The van der Waals surface area contributed by atoms with Crippen LogP contribution in [0.5, 0.6) is 0 Å². The molecule has 22 heavy (non-hydrogen) atoms. The third kappa shape index (κ3) is 4.01. The average molecular weight is 417 g/mol. The molecular weight excluding hydrogens is 377 g/mol. The van der Waals surface area contributed by atoms with Crippen molar-refractivity contribution in [3.8, 4) is 0 Å². The van der Waals surface area contributed by atoms with Crippen LogP contribution in [0.3, 0.4) is 0 Å². The van der Waals surface area contributed by atoms with E-state index in [4.69, 9.17) is 0 Å². The summed E-state index contributed by atoms with van der Waals surface area (Å²) in [6, 6.07) is 0. The van der Waals surface area contributed by atoms with Crippen molar-refractivity contribution in [3.63, 3.8) is 0 Å². The Morgan fingerprint density at radius 2 is 0.909 bits per heavy atom. The van der Waals surface area contributed by atoms with Gasteiger partial charge in [-0.3, -0.25) is 0 Å². The van der Waals surface area contributed by atoms with Gasteiger partial charge in [-0.2, -0.15) is 0 Å². The minimum atomic E-state index is -2.12. The molecule has 131 valence electrons. The van der Waals surface area contributed by atoms with Gasteiger partial charge in [-0.25, -0.2) is 0 Å². The summed E-state index contributed by atoms with van der Waals surface area (Å²) in [6.45, 7) is 31.0. The van der Waals surface area contributed by atoms with Crippen molar-refractivity contribution in [1.82, 2.24) is 9.36 Å². The second-order valence-electron chi connectivity index (χ2n) is 10.7. The van der Waals surface area contributed by atoms with Crippen LogP contribution in [0, 0.1) is 0 Å². The molecule has 1 heterocycles. The molecular formula is C18H40N3Sn. The molecule has 0 aromatic heterocycles. The Kier molecular flexibility index (Phi) is 5.55. The Hall–Kier alpha value is 0.679. The van der Waals surface area contributed by atoms with E-state index in [1.54, 1.807) is 0 Å². The first-order chi connectivity index (χ1) is 9.40. The van der Waals surface area contributed by atoms with Crippen LogP contribution in [0.4, 0.5) is 0 Å². The molecule has 0 atom stereocenters. The van der Waals surface area contributed by atoms with Crippen molar-refractivity contribution in [2.45, 2.75) is 118 Å². The van der Waals surface area contributed by atoms with E-state index >= 15 is 0 Å². The molecule has 4 heteroatoms. The number of nitrogens with zero attached hydrogens (tertiary/aromatic N) is 3. The molecule has 0 spiro atoms. The number of hydrogen-bond donors (Lipinski definition) is 0. The minimum absolute atomic E-state index is 0.195. The van der Waals surface area contributed by atoms with Gasteiger partial charge in [0.15, 0.2) is 0 Å². The van der Waals surface area contributed by atoms with Crippen LogP contribution in [0.2, 0.25) is 0 Å². The summed E-state index contributed by atoms with van der Waals surface area (Å²) in [5.41, 5.74) is 0.871. The third-order valence-corrected chi connectivity index (χ3v) is 17.6. The van der Waals surface area contributed by atoms with Crippen molar-refractivity contribution in [2.24, 2.45) is 0 Å². The molecule has 0 unspecified atom stereocenters. The first kappa shape index (κ1) is 20.7. The van der Waals surface area contributed by atoms with Crippen molar-refractivity contribution in [2.75, 3.05) is 0 Å². The molecule has 1 aliphatic heterocycles. The quantitative estimate of drug-likeness (QED) is 0.585. The zero-order valence-electron chi connectivity index (χ0n) is 17.4. The van der Waals surface area contributed by atoms with E-state index in [2.05, 4.69) is 99.4 Å². The fraction of sp³-hybridized carbons (Fsp3) is 1.00. The van der Waals surface area contributed by atoms with Crippen LogP contribution in [0.25, 0.3) is 0 Å². The van der Waals surface area contributed by atoms with E-state index in [1.807, 2.05) is 0 Å². The first-order valence-corrected chi connectivity index (χ1v) is 12.5. The van der Waals surface area contributed by atoms with Gasteiger partial charge < -0.3 is 0 Å². The third-order valence-electron chi connectivity index (χ3n) is 4.17. The van der Waals surface area contributed by atoms with Crippen LogP contribution < -0.4 is 0 Å². The Bertz CT molecular complexity index is 357. The molecule has 0 aromatic carbocycles. The molecule has 0 N–H and O–H groups in total. The van der Waals surface area contributed by atoms with Gasteiger partial charge in [-0.05, 0) is 0 Å². The summed E-state index contributed by atoms with van der Waals surface area (Å²) in [5, 5.41) is 0. The van der Waals surface area contributed by atoms with E-state index in [-0.39, 0.29) is 22.2 Å². The molecule has 0 amide bonds. The second kappa shape index (κ2) is 5.89. The Morgan fingerprint density at radius 3 is 1.09 bits per heavy atom. The molecule has 0 bridgehead atoms. The topological polar surface area (TPSA) is 9.72 Å². The Morgan fingerprint density at radius 1 is 0.636 bits per heavy atom. The molecule has 0 aliphatic carbocycles. The van der Waals surface area contributed by atoms with Gasteiger partial charge in [-0.15, -0.1) is 0 Å². The van der Waals surface area contributed by atoms with Crippen LogP contribution in [0.1, 0.15) is 90.0 Å². The van der Waals surface area contributed by atoms with Gasteiger partial charge >= 0.3 is 148 Å². The molecule has 1 fully saturated rings. The predicted octanol–water partition coefficient (Wildman–Crippen LogP) is 4.43. The molecule has 1 saturated heterocycles. The van der Waals surface area contributed by atoms with Gasteiger partial charge in [-0.1, -0.05) is 0 Å². The van der Waals surface area contributed by atoms with Crippen molar-refractivity contribution < 1.29 is 0 Å². The maximum atomic E-state index is 2.87. The zero-order valence-corrected chi connectivity index (χ0v) is 20.3. The summed E-state index contributed by atoms with van der Waals surface area (Å²) in [6.07, 6.45) is 0.543. The first-order valence-electron chi connectivity index (χ1n) is 8.66. The number of hydrogen-bond acceptors (Lipinski definition) is 3. The molecule has 3 nitrogen and oxygen atoms in total. The summed E-state index contributed by atoms with van der Waals surface area (Å²) in [4.78, 5) is 0. The maximum absolute atomic E-state index is 2.87. The van der Waals surface area contributed by atoms with Crippen molar-refractivity contribution >= 4 is 20.6 Å². The molecule has 0 saturated carbocycles. The van der Waals surface area contributed by atoms with Crippen LogP contribution in [0.15, 0.2) is 0 Å². The van der Waals surface area contributed by atoms with Crippen molar-refractivity contribution in [1.29, 1.82) is 0 Å². The second-order valence-corrected chi connectivity index (χ2v) is 16.4. The SMILES string of the molecule is CC1[N](C(C)(C)C)[Sn]([N](C(C)(C)C)C(C)(C)C)[N]1C(C)(C)C. The fourth-order valence-corrected chi connectivity index (χ4v) is 14.9. The summed E-state index contributed by atoms with van der Waals surface area (Å²) in [5.74, 6) is 0. The monoisotopic (exact) mass is 418 g/mol. The van der Waals surface area contributed by atoms with E-state index < -0.39 is 20.6 Å². The predicted molar refractivity (Wildman–Crippen MR) is 99.7 cm³/mol. The standard InChI is InChI=1S/C10H22N2.C8H18N.Sn/c1-8(11-9(2,3)4)12-10(5,6)7;1-7(2,3)9-8(4,5)6;/h8H,1-7H3;1-6H3;/q-2;-1;+3. The normalized spacial score (nSPS) is 21.5. The Balaban J connectivity index is 3.39. The van der Waals surface area contributed by atoms with Crippen LogP contribution >= 0.6 is 0 Å².